The Morgan fingerprint density at radius 3 is 1.93 bits per heavy atom. The summed E-state index contributed by atoms with van der Waals surface area (Å²) in [5.74, 6) is -1.49. The van der Waals surface area contributed by atoms with Crippen LogP contribution in [0.4, 0.5) is 5.69 Å². The van der Waals surface area contributed by atoms with E-state index in [1.807, 2.05) is 30.3 Å². The molecule has 0 N–H and O–H groups in total. The predicted molar refractivity (Wildman–Crippen MR) is 110 cm³/mol. The molecule has 7 heteroatoms. The van der Waals surface area contributed by atoms with Crippen LogP contribution in [0.3, 0.4) is 0 Å². The molecule has 0 fully saturated rings. The van der Waals surface area contributed by atoms with Gasteiger partial charge in [0, 0.05) is 0 Å². The number of halogens is 2. The number of esters is 1. The Hall–Kier alpha value is -3.15. The number of ether oxygens (including phenoxy) is 1. The average molecular weight is 426 g/mol. The van der Waals surface area contributed by atoms with Crippen LogP contribution in [0.15, 0.2) is 66.7 Å². The zero-order chi connectivity index (χ0) is 20.5. The molecule has 0 radical (unpaired) electrons. The van der Waals surface area contributed by atoms with Gasteiger partial charge in [0.15, 0.2) is 0 Å². The second-order valence-corrected chi connectivity index (χ2v) is 7.18. The van der Waals surface area contributed by atoms with Gasteiger partial charge in [-0.15, -0.1) is 0 Å². The second-order valence-electron chi connectivity index (χ2n) is 6.37. The molecule has 3 aromatic rings. The maximum absolute atomic E-state index is 12.7. The molecule has 1 heterocycles. The SMILES string of the molecule is O=C(OCc1ccccc1)c1ccc(N2C(=O)c3cc(Cl)c(Cl)cc3C2=O)cc1. The predicted octanol–water partition coefficient (Wildman–Crippen LogP) is 5.15. The largest absolute Gasteiger partial charge is 0.457 e. The molecule has 0 unspecified atom stereocenters. The van der Waals surface area contributed by atoms with Gasteiger partial charge in [0.05, 0.1) is 32.4 Å². The Morgan fingerprint density at radius 2 is 1.38 bits per heavy atom. The zero-order valence-electron chi connectivity index (χ0n) is 14.9. The molecule has 0 aromatic heterocycles. The van der Waals surface area contributed by atoms with E-state index in [2.05, 4.69) is 0 Å². The van der Waals surface area contributed by atoms with E-state index in [1.54, 1.807) is 0 Å². The van der Waals surface area contributed by atoms with Gasteiger partial charge in [-0.25, -0.2) is 9.69 Å². The van der Waals surface area contributed by atoms with Crippen molar-refractivity contribution in [3.63, 3.8) is 0 Å². The highest BCUT2D eigenvalue weighted by molar-refractivity contribution is 6.44. The minimum atomic E-state index is -0.499. The van der Waals surface area contributed by atoms with Gasteiger partial charge in [0.2, 0.25) is 0 Å². The van der Waals surface area contributed by atoms with Crippen molar-refractivity contribution in [2.75, 3.05) is 4.90 Å². The van der Waals surface area contributed by atoms with Crippen molar-refractivity contribution in [2.24, 2.45) is 0 Å². The number of anilines is 1. The van der Waals surface area contributed by atoms with Crippen molar-refractivity contribution < 1.29 is 19.1 Å². The molecular formula is C22H13Cl2NO4. The van der Waals surface area contributed by atoms with E-state index in [0.29, 0.717) is 11.3 Å². The molecule has 0 saturated heterocycles. The van der Waals surface area contributed by atoms with Crippen LogP contribution in [-0.4, -0.2) is 17.8 Å². The number of rotatable bonds is 4. The normalized spacial score (nSPS) is 12.8. The minimum absolute atomic E-state index is 0.154. The summed E-state index contributed by atoms with van der Waals surface area (Å²) in [4.78, 5) is 38.6. The Balaban J connectivity index is 1.51. The molecule has 0 spiro atoms. The van der Waals surface area contributed by atoms with Crippen molar-refractivity contribution >= 4 is 46.7 Å². The molecule has 0 atom stereocenters. The monoisotopic (exact) mass is 425 g/mol. The number of nitrogens with zero attached hydrogens (tertiary/aromatic N) is 1. The van der Waals surface area contributed by atoms with E-state index in [-0.39, 0.29) is 27.8 Å². The molecule has 2 amide bonds. The number of carbonyl (C=O) groups is 3. The molecule has 29 heavy (non-hydrogen) atoms. The summed E-state index contributed by atoms with van der Waals surface area (Å²) in [5.41, 5.74) is 1.91. The highest BCUT2D eigenvalue weighted by atomic mass is 35.5. The number of carbonyl (C=O) groups excluding carboxylic acids is 3. The van der Waals surface area contributed by atoms with Gasteiger partial charge in [0.25, 0.3) is 11.8 Å². The molecular weight excluding hydrogens is 413 g/mol. The highest BCUT2D eigenvalue weighted by Gasteiger charge is 2.37. The highest BCUT2D eigenvalue weighted by Crippen LogP contribution is 2.34. The first-order chi connectivity index (χ1) is 14.0. The first kappa shape index (κ1) is 19.2. The fourth-order valence-corrected chi connectivity index (χ4v) is 3.35. The van der Waals surface area contributed by atoms with Crippen LogP contribution >= 0.6 is 23.2 Å². The van der Waals surface area contributed by atoms with Gasteiger partial charge in [-0.05, 0) is 42.0 Å². The lowest BCUT2D eigenvalue weighted by molar-refractivity contribution is 0.0472. The van der Waals surface area contributed by atoms with Crippen molar-refractivity contribution in [1.29, 1.82) is 0 Å². The Labute approximate surface area is 176 Å². The number of hydrogen-bond donors (Lipinski definition) is 0. The van der Waals surface area contributed by atoms with Crippen molar-refractivity contribution in [3.8, 4) is 0 Å². The fourth-order valence-electron chi connectivity index (χ4n) is 3.02. The molecule has 5 nitrogen and oxygen atoms in total. The minimum Gasteiger partial charge on any atom is -0.457 e. The summed E-state index contributed by atoms with van der Waals surface area (Å²) >= 11 is 11.9. The lowest BCUT2D eigenvalue weighted by Crippen LogP contribution is -2.29. The Bertz CT molecular complexity index is 1090. The molecule has 0 aliphatic carbocycles. The molecule has 4 rings (SSSR count). The van der Waals surface area contributed by atoms with Crippen molar-refractivity contribution in [1.82, 2.24) is 0 Å². The standard InChI is InChI=1S/C22H13Cl2NO4/c23-18-10-16-17(11-19(18)24)21(27)25(20(16)26)15-8-6-14(7-9-15)22(28)29-12-13-4-2-1-3-5-13/h1-11H,12H2. The Kier molecular flexibility index (Phi) is 5.09. The molecule has 1 aliphatic rings. The average Bonchev–Trinajstić information content (AvgIpc) is 2.97. The van der Waals surface area contributed by atoms with Crippen LogP contribution in [0.1, 0.15) is 36.6 Å². The van der Waals surface area contributed by atoms with Crippen LogP contribution < -0.4 is 4.90 Å². The summed E-state index contributed by atoms with van der Waals surface area (Å²) in [6, 6.07) is 18.1. The molecule has 0 bridgehead atoms. The van der Waals surface area contributed by atoms with Crippen LogP contribution in [0, 0.1) is 0 Å². The van der Waals surface area contributed by atoms with Crippen molar-refractivity contribution in [2.45, 2.75) is 6.61 Å². The zero-order valence-corrected chi connectivity index (χ0v) is 16.4. The van der Waals surface area contributed by atoms with Gasteiger partial charge in [-0.2, -0.15) is 0 Å². The quantitative estimate of drug-likeness (QED) is 0.428. The lowest BCUT2D eigenvalue weighted by Gasteiger charge is -2.14. The van der Waals surface area contributed by atoms with Gasteiger partial charge < -0.3 is 4.74 Å². The number of benzene rings is 3. The van der Waals surface area contributed by atoms with Crippen LogP contribution in [0.25, 0.3) is 0 Å². The molecule has 1 aliphatic heterocycles. The number of amides is 2. The van der Waals surface area contributed by atoms with Crippen LogP contribution in [0.2, 0.25) is 10.0 Å². The number of fused-ring (bicyclic) bond motifs is 1. The summed E-state index contributed by atoms with van der Waals surface area (Å²) in [7, 11) is 0. The van der Waals surface area contributed by atoms with E-state index in [9.17, 15) is 14.4 Å². The van der Waals surface area contributed by atoms with Gasteiger partial charge in [-0.1, -0.05) is 53.5 Å². The maximum atomic E-state index is 12.7. The van der Waals surface area contributed by atoms with Gasteiger partial charge in [0.1, 0.15) is 6.61 Å². The van der Waals surface area contributed by atoms with E-state index in [0.717, 1.165) is 10.5 Å². The Morgan fingerprint density at radius 1 is 0.828 bits per heavy atom. The van der Waals surface area contributed by atoms with Crippen LogP contribution in [0.5, 0.6) is 0 Å². The van der Waals surface area contributed by atoms with Gasteiger partial charge in [-0.3, -0.25) is 9.59 Å². The number of hydrogen-bond acceptors (Lipinski definition) is 4. The molecule has 144 valence electrons. The summed E-state index contributed by atoms with van der Waals surface area (Å²) < 4.78 is 5.28. The van der Waals surface area contributed by atoms with E-state index in [4.69, 9.17) is 27.9 Å². The fraction of sp³-hybridized carbons (Fsp3) is 0.0455. The van der Waals surface area contributed by atoms with Gasteiger partial charge >= 0.3 is 5.97 Å². The van der Waals surface area contributed by atoms with E-state index >= 15 is 0 Å². The molecule has 0 saturated carbocycles. The third-order valence-corrected chi connectivity index (χ3v) is 5.22. The van der Waals surface area contributed by atoms with E-state index in [1.165, 1.54) is 36.4 Å². The number of imide groups is 1. The lowest BCUT2D eigenvalue weighted by atomic mass is 10.1. The van der Waals surface area contributed by atoms with E-state index < -0.39 is 17.8 Å². The summed E-state index contributed by atoms with van der Waals surface area (Å²) in [6.45, 7) is 0.154. The van der Waals surface area contributed by atoms with Crippen LogP contribution in [-0.2, 0) is 11.3 Å². The first-order valence-corrected chi connectivity index (χ1v) is 9.40. The summed E-state index contributed by atoms with van der Waals surface area (Å²) in [5, 5.41) is 0.398. The second kappa shape index (κ2) is 7.70. The van der Waals surface area contributed by atoms with Crippen molar-refractivity contribution in [3.05, 3.63) is 99.0 Å². The topological polar surface area (TPSA) is 63.7 Å². The summed E-state index contributed by atoms with van der Waals surface area (Å²) in [6.07, 6.45) is 0. The smallest absolute Gasteiger partial charge is 0.338 e. The molecule has 3 aromatic carbocycles. The maximum Gasteiger partial charge on any atom is 0.338 e. The third kappa shape index (κ3) is 3.62. The third-order valence-electron chi connectivity index (χ3n) is 4.50. The first-order valence-electron chi connectivity index (χ1n) is 8.64.